The van der Waals surface area contributed by atoms with Gasteiger partial charge < -0.3 is 11.1 Å². The number of hydrogen-bond donors (Lipinski definition) is 2. The van der Waals surface area contributed by atoms with Crippen molar-refractivity contribution in [3.8, 4) is 0 Å². The maximum Gasteiger partial charge on any atom is 0.225 e. The molecule has 0 aromatic carbocycles. The Morgan fingerprint density at radius 1 is 1.71 bits per heavy atom. The van der Waals surface area contributed by atoms with Gasteiger partial charge in [0.25, 0.3) is 0 Å². The van der Waals surface area contributed by atoms with E-state index in [-0.39, 0.29) is 5.91 Å². The molecule has 0 saturated heterocycles. The zero-order chi connectivity index (χ0) is 10.6. The zero-order valence-corrected chi connectivity index (χ0v) is 8.58. The summed E-state index contributed by atoms with van der Waals surface area (Å²) >= 11 is 0. The zero-order valence-electron chi connectivity index (χ0n) is 8.58. The van der Waals surface area contributed by atoms with Crippen molar-refractivity contribution in [1.29, 1.82) is 0 Å². The van der Waals surface area contributed by atoms with Crippen LogP contribution in [0.25, 0.3) is 0 Å². The predicted molar refractivity (Wildman–Crippen MR) is 54.9 cm³/mol. The Hall–Kier alpha value is -1.36. The van der Waals surface area contributed by atoms with Gasteiger partial charge in [-0.1, -0.05) is 0 Å². The molecule has 5 heteroatoms. The number of anilines is 1. The van der Waals surface area contributed by atoms with Crippen LogP contribution < -0.4 is 11.1 Å². The van der Waals surface area contributed by atoms with E-state index < -0.39 is 0 Å². The van der Waals surface area contributed by atoms with E-state index in [0.29, 0.717) is 19.4 Å². The number of nitrogens with one attached hydrogen (secondary N) is 1. The number of carbonyl (C=O) groups is 1. The fourth-order valence-corrected chi connectivity index (χ4v) is 1.20. The molecule has 1 aromatic heterocycles. The lowest BCUT2D eigenvalue weighted by molar-refractivity contribution is -0.116. The van der Waals surface area contributed by atoms with Gasteiger partial charge in [0, 0.05) is 19.5 Å². The minimum Gasteiger partial charge on any atom is -0.330 e. The van der Waals surface area contributed by atoms with Gasteiger partial charge in [-0.15, -0.1) is 0 Å². The first-order valence-corrected chi connectivity index (χ1v) is 4.64. The van der Waals surface area contributed by atoms with E-state index in [1.807, 2.05) is 13.0 Å². The Balaban J connectivity index is 2.51. The summed E-state index contributed by atoms with van der Waals surface area (Å²) in [5.74, 6) is 0.711. The molecule has 1 rings (SSSR count). The summed E-state index contributed by atoms with van der Waals surface area (Å²) in [6.45, 7) is 2.42. The average Bonchev–Trinajstić information content (AvgIpc) is 2.42. The highest BCUT2D eigenvalue weighted by atomic mass is 16.1. The Labute approximate surface area is 83.3 Å². The largest absolute Gasteiger partial charge is 0.330 e. The third-order valence-corrected chi connectivity index (χ3v) is 1.88. The molecule has 0 aliphatic rings. The van der Waals surface area contributed by atoms with Crippen LogP contribution in [0.4, 0.5) is 5.82 Å². The third kappa shape index (κ3) is 2.85. The summed E-state index contributed by atoms with van der Waals surface area (Å²) in [4.78, 5) is 11.3. The standard InChI is InChI=1S/C9H16N4O/c1-7-6-8(13(2)12-7)11-9(14)4-3-5-10/h6H,3-5,10H2,1-2H3,(H,11,14). The van der Waals surface area contributed by atoms with Crippen molar-refractivity contribution in [2.75, 3.05) is 11.9 Å². The monoisotopic (exact) mass is 196 g/mol. The second-order valence-corrected chi connectivity index (χ2v) is 3.23. The summed E-state index contributed by atoms with van der Waals surface area (Å²) < 4.78 is 1.65. The molecule has 0 aliphatic carbocycles. The maximum absolute atomic E-state index is 11.3. The van der Waals surface area contributed by atoms with Gasteiger partial charge in [0.05, 0.1) is 5.69 Å². The van der Waals surface area contributed by atoms with Crippen molar-refractivity contribution < 1.29 is 4.79 Å². The van der Waals surface area contributed by atoms with Crippen LogP contribution in [0.5, 0.6) is 0 Å². The van der Waals surface area contributed by atoms with Crippen LogP contribution in [-0.2, 0) is 11.8 Å². The molecule has 0 aliphatic heterocycles. The fourth-order valence-electron chi connectivity index (χ4n) is 1.20. The van der Waals surface area contributed by atoms with Crippen molar-refractivity contribution in [2.24, 2.45) is 12.8 Å². The van der Waals surface area contributed by atoms with Crippen molar-refractivity contribution in [3.05, 3.63) is 11.8 Å². The molecule has 3 N–H and O–H groups in total. The average molecular weight is 196 g/mol. The molecule has 78 valence electrons. The molecule has 0 radical (unpaired) electrons. The highest BCUT2D eigenvalue weighted by Gasteiger charge is 2.05. The lowest BCUT2D eigenvalue weighted by atomic mass is 10.3. The minimum atomic E-state index is -0.0153. The smallest absolute Gasteiger partial charge is 0.225 e. The van der Waals surface area contributed by atoms with E-state index in [4.69, 9.17) is 5.73 Å². The minimum absolute atomic E-state index is 0.0153. The molecule has 1 heterocycles. The van der Waals surface area contributed by atoms with Crippen molar-refractivity contribution >= 4 is 11.7 Å². The van der Waals surface area contributed by atoms with E-state index >= 15 is 0 Å². The number of rotatable bonds is 4. The summed E-state index contributed by atoms with van der Waals surface area (Å²) in [5, 5.41) is 6.89. The van der Waals surface area contributed by atoms with Crippen LogP contribution in [0.15, 0.2) is 6.07 Å². The van der Waals surface area contributed by atoms with Crippen LogP contribution >= 0.6 is 0 Å². The highest BCUT2D eigenvalue weighted by Crippen LogP contribution is 2.08. The van der Waals surface area contributed by atoms with Gasteiger partial charge in [-0.25, -0.2) is 0 Å². The van der Waals surface area contributed by atoms with Crippen molar-refractivity contribution in [2.45, 2.75) is 19.8 Å². The number of carbonyl (C=O) groups excluding carboxylic acids is 1. The van der Waals surface area contributed by atoms with Crippen LogP contribution in [0.1, 0.15) is 18.5 Å². The summed E-state index contributed by atoms with van der Waals surface area (Å²) in [7, 11) is 1.80. The molecule has 0 bridgehead atoms. The number of hydrogen-bond acceptors (Lipinski definition) is 3. The van der Waals surface area contributed by atoms with Gasteiger partial charge in [-0.2, -0.15) is 5.10 Å². The van der Waals surface area contributed by atoms with E-state index in [9.17, 15) is 4.79 Å². The lowest BCUT2D eigenvalue weighted by Gasteiger charge is -2.03. The van der Waals surface area contributed by atoms with Gasteiger partial charge in [-0.3, -0.25) is 9.48 Å². The summed E-state index contributed by atoms with van der Waals surface area (Å²) in [6, 6.07) is 1.83. The second kappa shape index (κ2) is 4.76. The molecular weight excluding hydrogens is 180 g/mol. The van der Waals surface area contributed by atoms with Gasteiger partial charge in [-0.05, 0) is 19.9 Å². The first kappa shape index (κ1) is 10.7. The fraction of sp³-hybridized carbons (Fsp3) is 0.556. The van der Waals surface area contributed by atoms with Crippen LogP contribution in [-0.4, -0.2) is 22.2 Å². The maximum atomic E-state index is 11.3. The Morgan fingerprint density at radius 3 is 2.93 bits per heavy atom. The summed E-state index contributed by atoms with van der Waals surface area (Å²) in [6.07, 6.45) is 1.17. The van der Waals surface area contributed by atoms with E-state index in [1.165, 1.54) is 0 Å². The molecular formula is C9H16N4O. The lowest BCUT2D eigenvalue weighted by Crippen LogP contribution is -2.15. The van der Waals surface area contributed by atoms with Crippen LogP contribution in [0, 0.1) is 6.92 Å². The Morgan fingerprint density at radius 2 is 2.43 bits per heavy atom. The number of nitrogens with two attached hydrogens (primary N) is 1. The molecule has 0 saturated carbocycles. The number of nitrogens with zero attached hydrogens (tertiary/aromatic N) is 2. The van der Waals surface area contributed by atoms with E-state index in [2.05, 4.69) is 10.4 Å². The molecule has 1 aromatic rings. The van der Waals surface area contributed by atoms with E-state index in [1.54, 1.807) is 11.7 Å². The SMILES string of the molecule is Cc1cc(NC(=O)CCCN)n(C)n1. The molecule has 0 spiro atoms. The van der Waals surface area contributed by atoms with E-state index in [0.717, 1.165) is 11.5 Å². The normalized spacial score (nSPS) is 10.2. The topological polar surface area (TPSA) is 72.9 Å². The molecule has 0 fully saturated rings. The van der Waals surface area contributed by atoms with Crippen molar-refractivity contribution in [1.82, 2.24) is 9.78 Å². The molecule has 0 atom stereocenters. The summed E-state index contributed by atoms with van der Waals surface area (Å²) in [5.41, 5.74) is 6.20. The number of amides is 1. The first-order valence-electron chi connectivity index (χ1n) is 4.64. The van der Waals surface area contributed by atoms with Crippen molar-refractivity contribution in [3.63, 3.8) is 0 Å². The van der Waals surface area contributed by atoms with Gasteiger partial charge in [0.1, 0.15) is 5.82 Å². The second-order valence-electron chi connectivity index (χ2n) is 3.23. The molecule has 5 nitrogen and oxygen atoms in total. The Kier molecular flexibility index (Phi) is 3.64. The van der Waals surface area contributed by atoms with Crippen LogP contribution in [0.3, 0.4) is 0 Å². The highest BCUT2D eigenvalue weighted by molar-refractivity contribution is 5.89. The third-order valence-electron chi connectivity index (χ3n) is 1.88. The van der Waals surface area contributed by atoms with Gasteiger partial charge in [0.15, 0.2) is 0 Å². The first-order chi connectivity index (χ1) is 6.63. The number of aromatic nitrogens is 2. The predicted octanol–water partition coefficient (Wildman–Crippen LogP) is 0.406. The Bertz CT molecular complexity index is 319. The molecule has 14 heavy (non-hydrogen) atoms. The number of aryl methyl sites for hydroxylation is 2. The quantitative estimate of drug-likeness (QED) is 0.732. The molecule has 0 unspecified atom stereocenters. The van der Waals surface area contributed by atoms with Crippen LogP contribution in [0.2, 0.25) is 0 Å². The van der Waals surface area contributed by atoms with Gasteiger partial charge in [0.2, 0.25) is 5.91 Å². The molecule has 1 amide bonds. The van der Waals surface area contributed by atoms with Gasteiger partial charge >= 0.3 is 0 Å².